The highest BCUT2D eigenvalue weighted by Crippen LogP contribution is 2.25. The van der Waals surface area contributed by atoms with E-state index in [2.05, 4.69) is 4.98 Å². The smallest absolute Gasteiger partial charge is 0.289 e. The molecule has 2 atom stereocenters. The number of hydrogen-bond donors (Lipinski definition) is 0. The van der Waals surface area contributed by atoms with Crippen molar-refractivity contribution in [3.63, 3.8) is 0 Å². The number of aryl methyl sites for hydroxylation is 1. The number of benzene rings is 1. The van der Waals surface area contributed by atoms with Gasteiger partial charge < -0.3 is 14.2 Å². The Bertz CT molecular complexity index is 699. The van der Waals surface area contributed by atoms with Crippen molar-refractivity contribution in [1.82, 2.24) is 14.5 Å². The van der Waals surface area contributed by atoms with E-state index in [-0.39, 0.29) is 17.8 Å². The summed E-state index contributed by atoms with van der Waals surface area (Å²) in [4.78, 5) is 18.5. The number of ether oxygens (including phenoxy) is 1. The van der Waals surface area contributed by atoms with Crippen molar-refractivity contribution >= 4 is 5.91 Å². The molecule has 24 heavy (non-hydrogen) atoms. The number of aromatic nitrogens is 2. The maximum Gasteiger partial charge on any atom is 0.289 e. The van der Waals surface area contributed by atoms with E-state index in [1.807, 2.05) is 19.2 Å². The second-order valence-corrected chi connectivity index (χ2v) is 6.27. The van der Waals surface area contributed by atoms with Gasteiger partial charge in [0.25, 0.3) is 5.91 Å². The molecule has 0 aliphatic carbocycles. The number of methoxy groups -OCH3 is 1. The molecule has 1 saturated heterocycles. The van der Waals surface area contributed by atoms with Crippen molar-refractivity contribution in [1.29, 1.82) is 0 Å². The molecule has 2 heterocycles. The number of piperidine rings is 1. The third-order valence-corrected chi connectivity index (χ3v) is 4.71. The van der Waals surface area contributed by atoms with Crippen molar-refractivity contribution in [2.45, 2.75) is 18.9 Å². The number of carbonyl (C=O) groups excluding carboxylic acids is 1. The SMILES string of the molecule is CO[C@@H]1CN(C(=O)c2nccn2C)CC[C@@H]1Cc1ccc(F)cc1. The molecule has 0 unspecified atom stereocenters. The van der Waals surface area contributed by atoms with Crippen LogP contribution in [0.3, 0.4) is 0 Å². The first-order valence-electron chi connectivity index (χ1n) is 8.12. The molecule has 1 amide bonds. The van der Waals surface area contributed by atoms with Gasteiger partial charge in [-0.15, -0.1) is 0 Å². The number of rotatable bonds is 4. The number of imidazole rings is 1. The summed E-state index contributed by atoms with van der Waals surface area (Å²) in [5.41, 5.74) is 1.09. The highest BCUT2D eigenvalue weighted by molar-refractivity contribution is 5.90. The molecule has 0 spiro atoms. The zero-order valence-electron chi connectivity index (χ0n) is 14.0. The van der Waals surface area contributed by atoms with E-state index in [1.165, 1.54) is 12.1 Å². The monoisotopic (exact) mass is 331 g/mol. The quantitative estimate of drug-likeness (QED) is 0.863. The van der Waals surface area contributed by atoms with E-state index in [0.29, 0.717) is 24.8 Å². The molecular formula is C18H22FN3O2. The van der Waals surface area contributed by atoms with Crippen LogP contribution in [-0.2, 0) is 18.2 Å². The maximum absolute atomic E-state index is 13.0. The van der Waals surface area contributed by atoms with E-state index in [9.17, 15) is 9.18 Å². The van der Waals surface area contributed by atoms with Crippen LogP contribution in [-0.4, -0.2) is 46.7 Å². The molecular weight excluding hydrogens is 309 g/mol. The van der Waals surface area contributed by atoms with Crippen LogP contribution in [0.5, 0.6) is 0 Å². The fourth-order valence-corrected chi connectivity index (χ4v) is 3.29. The predicted octanol–water partition coefficient (Wildman–Crippen LogP) is 2.28. The lowest BCUT2D eigenvalue weighted by molar-refractivity contribution is -0.00748. The van der Waals surface area contributed by atoms with E-state index < -0.39 is 0 Å². The number of amides is 1. The number of hydrogen-bond acceptors (Lipinski definition) is 3. The van der Waals surface area contributed by atoms with Gasteiger partial charge in [0.2, 0.25) is 0 Å². The summed E-state index contributed by atoms with van der Waals surface area (Å²) in [6.45, 7) is 1.23. The Morgan fingerprint density at radius 3 is 2.75 bits per heavy atom. The Morgan fingerprint density at radius 1 is 1.38 bits per heavy atom. The van der Waals surface area contributed by atoms with E-state index in [4.69, 9.17) is 4.74 Å². The van der Waals surface area contributed by atoms with Crippen molar-refractivity contribution in [2.75, 3.05) is 20.2 Å². The van der Waals surface area contributed by atoms with Crippen molar-refractivity contribution < 1.29 is 13.9 Å². The second kappa shape index (κ2) is 7.13. The number of likely N-dealkylation sites (tertiary alicyclic amines) is 1. The average molecular weight is 331 g/mol. The fraction of sp³-hybridized carbons (Fsp3) is 0.444. The first-order valence-corrected chi connectivity index (χ1v) is 8.12. The Labute approximate surface area is 141 Å². The molecule has 1 fully saturated rings. The fourth-order valence-electron chi connectivity index (χ4n) is 3.29. The molecule has 6 heteroatoms. The molecule has 0 radical (unpaired) electrons. The minimum atomic E-state index is -0.225. The average Bonchev–Trinajstić information content (AvgIpc) is 3.02. The molecule has 1 aromatic heterocycles. The Hall–Kier alpha value is -2.21. The molecule has 0 saturated carbocycles. The van der Waals surface area contributed by atoms with Gasteiger partial charge in [0, 0.05) is 39.6 Å². The van der Waals surface area contributed by atoms with Crippen LogP contribution in [0.1, 0.15) is 22.6 Å². The summed E-state index contributed by atoms with van der Waals surface area (Å²) in [6.07, 6.45) is 5.04. The van der Waals surface area contributed by atoms with Gasteiger partial charge in [-0.2, -0.15) is 0 Å². The summed E-state index contributed by atoms with van der Waals surface area (Å²) >= 11 is 0. The van der Waals surface area contributed by atoms with Crippen LogP contribution in [0.4, 0.5) is 4.39 Å². The maximum atomic E-state index is 13.0. The third kappa shape index (κ3) is 3.48. The van der Waals surface area contributed by atoms with Crippen LogP contribution in [0.25, 0.3) is 0 Å². The van der Waals surface area contributed by atoms with Gasteiger partial charge in [0.05, 0.1) is 6.10 Å². The van der Waals surface area contributed by atoms with E-state index in [0.717, 1.165) is 18.4 Å². The molecule has 1 aromatic carbocycles. The van der Waals surface area contributed by atoms with E-state index in [1.54, 1.807) is 29.0 Å². The largest absolute Gasteiger partial charge is 0.379 e. The molecule has 128 valence electrons. The summed E-state index contributed by atoms with van der Waals surface area (Å²) in [5.74, 6) is 0.468. The van der Waals surface area contributed by atoms with Crippen molar-refractivity contribution in [3.8, 4) is 0 Å². The predicted molar refractivity (Wildman–Crippen MR) is 88.1 cm³/mol. The second-order valence-electron chi connectivity index (χ2n) is 6.27. The summed E-state index contributed by atoms with van der Waals surface area (Å²) in [6, 6.07) is 6.59. The summed E-state index contributed by atoms with van der Waals surface area (Å²) in [7, 11) is 3.49. The van der Waals surface area contributed by atoms with Gasteiger partial charge in [-0.3, -0.25) is 4.79 Å². The minimum absolute atomic E-state index is 0.0342. The van der Waals surface area contributed by atoms with Crippen LogP contribution in [0, 0.1) is 11.7 Å². The molecule has 1 aliphatic rings. The number of carbonyl (C=O) groups is 1. The molecule has 5 nitrogen and oxygen atoms in total. The number of nitrogens with zero attached hydrogens (tertiary/aromatic N) is 3. The molecule has 0 N–H and O–H groups in total. The zero-order valence-corrected chi connectivity index (χ0v) is 14.0. The number of halogens is 1. The third-order valence-electron chi connectivity index (χ3n) is 4.71. The van der Waals surface area contributed by atoms with Gasteiger partial charge in [0.15, 0.2) is 5.82 Å². The van der Waals surface area contributed by atoms with Gasteiger partial charge in [0.1, 0.15) is 5.82 Å². The first-order chi connectivity index (χ1) is 11.6. The molecule has 0 bridgehead atoms. The Morgan fingerprint density at radius 2 is 2.12 bits per heavy atom. The lowest BCUT2D eigenvalue weighted by Gasteiger charge is -2.37. The minimum Gasteiger partial charge on any atom is -0.379 e. The van der Waals surface area contributed by atoms with Gasteiger partial charge in [-0.25, -0.2) is 9.37 Å². The summed E-state index contributed by atoms with van der Waals surface area (Å²) in [5, 5.41) is 0. The van der Waals surface area contributed by atoms with Crippen molar-refractivity contribution in [2.24, 2.45) is 13.0 Å². The lowest BCUT2D eigenvalue weighted by Crippen LogP contribution is -2.48. The van der Waals surface area contributed by atoms with Gasteiger partial charge in [-0.05, 0) is 36.5 Å². The normalized spacial score (nSPS) is 21.0. The van der Waals surface area contributed by atoms with Crippen LogP contribution >= 0.6 is 0 Å². The topological polar surface area (TPSA) is 47.4 Å². The standard InChI is InChI=1S/C18H22FN3O2/c1-21-10-8-20-17(21)18(23)22-9-7-14(16(12-22)24-2)11-13-3-5-15(19)6-4-13/h3-6,8,10,14,16H,7,9,11-12H2,1-2H3/t14-,16-/m1/s1. The first kappa shape index (κ1) is 16.6. The summed E-state index contributed by atoms with van der Waals surface area (Å²) < 4.78 is 20.4. The van der Waals surface area contributed by atoms with Crippen molar-refractivity contribution in [3.05, 3.63) is 53.9 Å². The Balaban J connectivity index is 1.66. The highest BCUT2D eigenvalue weighted by Gasteiger charge is 2.33. The Kier molecular flexibility index (Phi) is 4.94. The molecule has 2 aromatic rings. The van der Waals surface area contributed by atoms with Crippen LogP contribution in [0.2, 0.25) is 0 Å². The van der Waals surface area contributed by atoms with Gasteiger partial charge in [-0.1, -0.05) is 12.1 Å². The molecule has 3 rings (SSSR count). The van der Waals surface area contributed by atoms with Crippen LogP contribution in [0.15, 0.2) is 36.7 Å². The van der Waals surface area contributed by atoms with E-state index >= 15 is 0 Å². The zero-order chi connectivity index (χ0) is 17.1. The molecule has 1 aliphatic heterocycles. The lowest BCUT2D eigenvalue weighted by atomic mass is 9.87. The van der Waals surface area contributed by atoms with Crippen LogP contribution < -0.4 is 0 Å². The van der Waals surface area contributed by atoms with Gasteiger partial charge >= 0.3 is 0 Å². The highest BCUT2D eigenvalue weighted by atomic mass is 19.1.